The van der Waals surface area contributed by atoms with Crippen LogP contribution in [0.3, 0.4) is 0 Å². The molecule has 0 bridgehead atoms. The predicted octanol–water partition coefficient (Wildman–Crippen LogP) is 7.91. The van der Waals surface area contributed by atoms with Crippen molar-refractivity contribution in [3.63, 3.8) is 0 Å². The Morgan fingerprint density at radius 2 is 1.66 bits per heavy atom. The first kappa shape index (κ1) is 34.0. The van der Waals surface area contributed by atoms with Crippen LogP contribution < -0.4 is 10.2 Å². The minimum atomic E-state index is -1.80. The Labute approximate surface area is 293 Å². The number of carboxylic acids is 1. The van der Waals surface area contributed by atoms with Gasteiger partial charge in [0, 0.05) is 45.5 Å². The van der Waals surface area contributed by atoms with Gasteiger partial charge < -0.3 is 20.1 Å². The minimum Gasteiger partial charge on any atom is -0.481 e. The van der Waals surface area contributed by atoms with Crippen molar-refractivity contribution in [2.75, 3.05) is 23.3 Å². The molecule has 8 nitrogen and oxygen atoms in total. The molecular weight excluding hydrogens is 684 g/mol. The van der Waals surface area contributed by atoms with E-state index in [0.29, 0.717) is 34.3 Å². The number of nitrogens with one attached hydrogen (secondary N) is 1. The maximum absolute atomic E-state index is 15.1. The maximum atomic E-state index is 15.1. The second-order valence-corrected chi connectivity index (χ2v) is 15.8. The second-order valence-electron chi connectivity index (χ2n) is 14.1. The van der Waals surface area contributed by atoms with Crippen LogP contribution in [0.15, 0.2) is 60.7 Å². The number of carbonyl (C=O) groups excluding carboxylic acids is 2. The van der Waals surface area contributed by atoms with Crippen molar-refractivity contribution >= 4 is 75.6 Å². The van der Waals surface area contributed by atoms with Gasteiger partial charge in [0.25, 0.3) is 5.91 Å². The molecule has 0 aliphatic carbocycles. The molecule has 2 fully saturated rings. The highest BCUT2D eigenvalue weighted by atomic mass is 35.5. The standard InChI is InChI=1S/C35H35Cl4N3O5/c1-33(2,3)17-41(23-11-20(36)10-21(37)12-23)30(43)27-26-15-34(4,47-16-19-8-6-5-7-9-19)18-42(26)35(28(27)31(44)45)24-13-22(38)14-25(39)29(24)40-32(35)46/h5-14,26-28H,15-18H2,1-4H3,(H,40,46)(H,44,45)/t26-,27+,28-,34+,35+/m1/s1. The summed E-state index contributed by atoms with van der Waals surface area (Å²) in [7, 11) is 0. The molecule has 0 unspecified atom stereocenters. The summed E-state index contributed by atoms with van der Waals surface area (Å²) in [6.45, 7) is 8.57. The molecule has 2 N–H and O–H groups in total. The lowest BCUT2D eigenvalue weighted by molar-refractivity contribution is -0.153. The topological polar surface area (TPSA) is 99.2 Å². The summed E-state index contributed by atoms with van der Waals surface area (Å²) in [6, 6.07) is 16.9. The van der Waals surface area contributed by atoms with Crippen LogP contribution in [0.2, 0.25) is 20.1 Å². The quantitative estimate of drug-likeness (QED) is 0.258. The lowest BCUT2D eigenvalue weighted by atomic mass is 9.72. The van der Waals surface area contributed by atoms with Crippen LogP contribution in [0.1, 0.15) is 45.2 Å². The third kappa shape index (κ3) is 6.02. The van der Waals surface area contributed by atoms with Crippen molar-refractivity contribution in [3.05, 3.63) is 91.9 Å². The van der Waals surface area contributed by atoms with E-state index in [0.717, 1.165) is 5.56 Å². The molecule has 6 rings (SSSR count). The average Bonchev–Trinajstić information content (AvgIpc) is 3.56. The highest BCUT2D eigenvalue weighted by molar-refractivity contribution is 6.38. The van der Waals surface area contributed by atoms with E-state index in [1.165, 1.54) is 6.07 Å². The van der Waals surface area contributed by atoms with Gasteiger partial charge in [-0.2, -0.15) is 0 Å². The Kier molecular flexibility index (Phi) is 8.86. The summed E-state index contributed by atoms with van der Waals surface area (Å²) in [5.41, 5.74) is -1.03. The van der Waals surface area contributed by atoms with Gasteiger partial charge in [0.15, 0.2) is 0 Å². The summed E-state index contributed by atoms with van der Waals surface area (Å²) in [4.78, 5) is 46.4. The van der Waals surface area contributed by atoms with E-state index in [1.54, 1.807) is 29.2 Å². The minimum absolute atomic E-state index is 0.178. The number of ether oxygens (including phenoxy) is 1. The number of carbonyl (C=O) groups is 3. The number of hydrogen-bond acceptors (Lipinski definition) is 5. The van der Waals surface area contributed by atoms with Gasteiger partial charge in [0.1, 0.15) is 11.5 Å². The molecule has 1 spiro atoms. The van der Waals surface area contributed by atoms with Gasteiger partial charge in [0.05, 0.1) is 28.8 Å². The lowest BCUT2D eigenvalue weighted by Gasteiger charge is -2.38. The predicted molar refractivity (Wildman–Crippen MR) is 184 cm³/mol. The average molecular weight is 719 g/mol. The van der Waals surface area contributed by atoms with Gasteiger partial charge in [-0.1, -0.05) is 97.5 Å². The van der Waals surface area contributed by atoms with Crippen LogP contribution in [0.4, 0.5) is 11.4 Å². The fourth-order valence-corrected chi connectivity index (χ4v) is 8.67. The number of aliphatic carboxylic acids is 1. The van der Waals surface area contributed by atoms with Crippen molar-refractivity contribution < 1.29 is 24.2 Å². The van der Waals surface area contributed by atoms with E-state index in [2.05, 4.69) is 5.32 Å². The van der Waals surface area contributed by atoms with E-state index in [9.17, 15) is 14.7 Å². The van der Waals surface area contributed by atoms with Gasteiger partial charge in [-0.15, -0.1) is 0 Å². The Bertz CT molecular complexity index is 1750. The van der Waals surface area contributed by atoms with Crippen LogP contribution in [0, 0.1) is 17.3 Å². The monoisotopic (exact) mass is 717 g/mol. The number of fused-ring (bicyclic) bond motifs is 4. The molecule has 3 aromatic rings. The van der Waals surface area contributed by atoms with Crippen molar-refractivity contribution in [2.24, 2.45) is 17.3 Å². The van der Waals surface area contributed by atoms with Crippen LogP contribution in [0.25, 0.3) is 0 Å². The molecule has 12 heteroatoms. The number of carboxylic acid groups (broad SMARTS) is 1. The summed E-state index contributed by atoms with van der Waals surface area (Å²) < 4.78 is 6.53. The van der Waals surface area contributed by atoms with Crippen LogP contribution in [-0.2, 0) is 31.3 Å². The molecule has 47 heavy (non-hydrogen) atoms. The Morgan fingerprint density at radius 1 is 1.02 bits per heavy atom. The fourth-order valence-electron chi connectivity index (χ4n) is 7.61. The molecule has 5 atom stereocenters. The molecule has 3 heterocycles. The Hall–Kier alpha value is -2.85. The van der Waals surface area contributed by atoms with Crippen molar-refractivity contribution in [2.45, 2.75) is 57.9 Å². The van der Waals surface area contributed by atoms with Crippen molar-refractivity contribution in [1.29, 1.82) is 0 Å². The van der Waals surface area contributed by atoms with E-state index >= 15 is 4.79 Å². The van der Waals surface area contributed by atoms with Crippen molar-refractivity contribution in [3.8, 4) is 0 Å². The van der Waals surface area contributed by atoms with E-state index in [1.807, 2.05) is 62.9 Å². The number of nitrogens with zero attached hydrogens (tertiary/aromatic N) is 2. The van der Waals surface area contributed by atoms with Gasteiger partial charge in [-0.05, 0) is 54.7 Å². The molecule has 3 aromatic carbocycles. The normalized spacial score (nSPS) is 26.7. The number of benzene rings is 3. The first-order valence-corrected chi connectivity index (χ1v) is 16.8. The highest BCUT2D eigenvalue weighted by Gasteiger charge is 2.74. The highest BCUT2D eigenvalue weighted by Crippen LogP contribution is 2.61. The van der Waals surface area contributed by atoms with E-state index < -0.39 is 52.2 Å². The summed E-state index contributed by atoms with van der Waals surface area (Å²) in [5.74, 6) is -5.00. The smallest absolute Gasteiger partial charge is 0.310 e. The zero-order valence-corrected chi connectivity index (χ0v) is 29.3. The summed E-state index contributed by atoms with van der Waals surface area (Å²) >= 11 is 25.9. The molecule has 0 saturated carbocycles. The maximum Gasteiger partial charge on any atom is 0.310 e. The first-order valence-electron chi connectivity index (χ1n) is 15.3. The summed E-state index contributed by atoms with van der Waals surface area (Å²) in [5, 5.41) is 15.0. The van der Waals surface area contributed by atoms with Gasteiger partial charge in [-0.25, -0.2) is 0 Å². The third-order valence-corrected chi connectivity index (χ3v) is 10.3. The number of rotatable bonds is 7. The molecule has 0 radical (unpaired) electrons. The largest absolute Gasteiger partial charge is 0.481 e. The van der Waals surface area contributed by atoms with Gasteiger partial charge in [-0.3, -0.25) is 19.3 Å². The molecular formula is C35H35Cl4N3O5. The fraction of sp³-hybridized carbons (Fsp3) is 0.400. The van der Waals surface area contributed by atoms with Crippen LogP contribution in [-0.4, -0.2) is 52.5 Å². The molecule has 3 aliphatic heterocycles. The molecule has 0 aromatic heterocycles. The number of halogens is 4. The number of hydrogen-bond donors (Lipinski definition) is 2. The third-order valence-electron chi connectivity index (χ3n) is 9.31. The van der Waals surface area contributed by atoms with E-state index in [4.69, 9.17) is 51.1 Å². The number of amides is 2. The second kappa shape index (κ2) is 12.2. The van der Waals surface area contributed by atoms with Gasteiger partial charge >= 0.3 is 5.97 Å². The van der Waals surface area contributed by atoms with Crippen molar-refractivity contribution in [1.82, 2.24) is 4.90 Å². The number of anilines is 2. The zero-order valence-electron chi connectivity index (χ0n) is 26.3. The molecule has 3 aliphatic rings. The Balaban J connectivity index is 1.52. The first-order chi connectivity index (χ1) is 22.0. The van der Waals surface area contributed by atoms with E-state index in [-0.39, 0.29) is 28.8 Å². The Morgan fingerprint density at radius 3 is 2.28 bits per heavy atom. The molecule has 248 valence electrons. The zero-order chi connectivity index (χ0) is 34.1. The SMILES string of the molecule is CC(C)(C)CN(C(=O)[C@H]1[C@H]2C[C@](C)(OCc3ccccc3)CN2[C@]2(C(=O)Nc3c(Cl)cc(Cl)cc32)[C@H]1C(=O)O)c1cc(Cl)cc(Cl)c1. The van der Waals surface area contributed by atoms with Crippen LogP contribution >= 0.6 is 46.4 Å². The lowest BCUT2D eigenvalue weighted by Crippen LogP contribution is -2.55. The van der Waals surface area contributed by atoms with Crippen LogP contribution in [0.5, 0.6) is 0 Å². The molecule has 2 saturated heterocycles. The van der Waals surface area contributed by atoms with Gasteiger partial charge in [0.2, 0.25) is 5.91 Å². The summed E-state index contributed by atoms with van der Waals surface area (Å²) in [6.07, 6.45) is 0.290. The molecule has 2 amide bonds.